The molecule has 116 valence electrons. The van der Waals surface area contributed by atoms with Crippen molar-refractivity contribution < 1.29 is 13.2 Å². The number of carbonyl (C=O) groups is 1. The van der Waals surface area contributed by atoms with E-state index in [-0.39, 0.29) is 16.6 Å². The lowest BCUT2D eigenvalue weighted by atomic mass is 10.1. The standard InChI is InChI=1S/C15H15ClN2O3S/c1-9-11(5-6-17-9)15(19)18(2)13-8-22(20,21)14-4-3-10(16)7-12(13)14/h3-7,13,17H,8H2,1-2H3. The molecule has 3 rings (SSSR count). The van der Waals surface area contributed by atoms with Crippen LogP contribution in [0.2, 0.25) is 5.02 Å². The van der Waals surface area contributed by atoms with Crippen molar-refractivity contribution in [2.75, 3.05) is 12.8 Å². The molecule has 0 bridgehead atoms. The molecule has 5 nitrogen and oxygen atoms in total. The molecule has 1 unspecified atom stereocenters. The molecule has 0 fully saturated rings. The zero-order valence-electron chi connectivity index (χ0n) is 12.1. The lowest BCUT2D eigenvalue weighted by molar-refractivity contribution is 0.0745. The number of hydrogen-bond acceptors (Lipinski definition) is 3. The van der Waals surface area contributed by atoms with Gasteiger partial charge in [0.1, 0.15) is 0 Å². The first-order valence-corrected chi connectivity index (χ1v) is 8.77. The number of nitrogens with zero attached hydrogens (tertiary/aromatic N) is 1. The molecular weight excluding hydrogens is 324 g/mol. The van der Waals surface area contributed by atoms with E-state index in [0.717, 1.165) is 5.69 Å². The molecule has 0 saturated carbocycles. The van der Waals surface area contributed by atoms with Gasteiger partial charge in [0.15, 0.2) is 9.84 Å². The maximum Gasteiger partial charge on any atom is 0.255 e. The predicted octanol–water partition coefficient (Wildman–Crippen LogP) is 2.58. The molecule has 1 amide bonds. The minimum Gasteiger partial charge on any atom is -0.365 e. The van der Waals surface area contributed by atoms with E-state index < -0.39 is 15.9 Å². The van der Waals surface area contributed by atoms with Gasteiger partial charge in [-0.2, -0.15) is 0 Å². The fraction of sp³-hybridized carbons (Fsp3) is 0.267. The monoisotopic (exact) mass is 338 g/mol. The van der Waals surface area contributed by atoms with Gasteiger partial charge in [0, 0.05) is 24.0 Å². The zero-order chi connectivity index (χ0) is 16.1. The number of rotatable bonds is 2. The Morgan fingerprint density at radius 1 is 1.36 bits per heavy atom. The number of carbonyl (C=O) groups excluding carboxylic acids is 1. The normalized spacial score (nSPS) is 19.0. The molecular formula is C15H15ClN2O3S. The summed E-state index contributed by atoms with van der Waals surface area (Å²) < 4.78 is 24.5. The lowest BCUT2D eigenvalue weighted by Crippen LogP contribution is -2.32. The van der Waals surface area contributed by atoms with Crippen molar-refractivity contribution in [2.45, 2.75) is 17.9 Å². The number of hydrogen-bond donors (Lipinski definition) is 1. The van der Waals surface area contributed by atoms with Gasteiger partial charge in [0.2, 0.25) is 0 Å². The summed E-state index contributed by atoms with van der Waals surface area (Å²) in [5, 5.41) is 0.458. The number of sulfone groups is 1. The van der Waals surface area contributed by atoms with Crippen LogP contribution < -0.4 is 0 Å². The summed E-state index contributed by atoms with van der Waals surface area (Å²) >= 11 is 5.99. The van der Waals surface area contributed by atoms with Gasteiger partial charge in [-0.05, 0) is 36.8 Å². The third kappa shape index (κ3) is 2.32. The summed E-state index contributed by atoms with van der Waals surface area (Å²) in [5.74, 6) is -0.333. The van der Waals surface area contributed by atoms with Crippen LogP contribution >= 0.6 is 11.6 Å². The Morgan fingerprint density at radius 2 is 2.09 bits per heavy atom. The number of aromatic nitrogens is 1. The fourth-order valence-electron chi connectivity index (χ4n) is 2.79. The van der Waals surface area contributed by atoms with E-state index in [1.807, 2.05) is 0 Å². The number of amides is 1. The van der Waals surface area contributed by atoms with Crippen LogP contribution in [0.15, 0.2) is 35.4 Å². The highest BCUT2D eigenvalue weighted by molar-refractivity contribution is 7.91. The number of halogens is 1. The van der Waals surface area contributed by atoms with E-state index in [9.17, 15) is 13.2 Å². The van der Waals surface area contributed by atoms with Gasteiger partial charge in [0.25, 0.3) is 5.91 Å². The second-order valence-electron chi connectivity index (χ2n) is 5.41. The first-order chi connectivity index (χ1) is 10.3. The topological polar surface area (TPSA) is 70.2 Å². The SMILES string of the molecule is Cc1[nH]ccc1C(=O)N(C)C1CS(=O)(=O)c2ccc(Cl)cc21. The average molecular weight is 339 g/mol. The van der Waals surface area contributed by atoms with Crippen molar-refractivity contribution in [3.63, 3.8) is 0 Å². The molecule has 2 heterocycles. The molecule has 7 heteroatoms. The second kappa shape index (κ2) is 5.14. The lowest BCUT2D eigenvalue weighted by Gasteiger charge is -2.24. The van der Waals surface area contributed by atoms with Crippen LogP contribution in [-0.2, 0) is 9.84 Å². The molecule has 0 saturated heterocycles. The third-order valence-electron chi connectivity index (χ3n) is 4.02. The van der Waals surface area contributed by atoms with Gasteiger partial charge in [-0.25, -0.2) is 8.42 Å². The van der Waals surface area contributed by atoms with Crippen molar-refractivity contribution in [3.8, 4) is 0 Å². The van der Waals surface area contributed by atoms with Crippen LogP contribution in [-0.4, -0.2) is 37.0 Å². The van der Waals surface area contributed by atoms with Crippen molar-refractivity contribution >= 4 is 27.3 Å². The largest absolute Gasteiger partial charge is 0.365 e. The van der Waals surface area contributed by atoms with Crippen LogP contribution in [0.5, 0.6) is 0 Å². The van der Waals surface area contributed by atoms with E-state index in [1.165, 1.54) is 11.0 Å². The van der Waals surface area contributed by atoms with Crippen LogP contribution in [0.4, 0.5) is 0 Å². The highest BCUT2D eigenvalue weighted by Crippen LogP contribution is 2.38. The summed E-state index contributed by atoms with van der Waals surface area (Å²) in [4.78, 5) is 17.3. The van der Waals surface area contributed by atoms with E-state index in [4.69, 9.17) is 11.6 Å². The molecule has 1 aliphatic rings. The highest BCUT2D eigenvalue weighted by atomic mass is 35.5. The van der Waals surface area contributed by atoms with Gasteiger partial charge in [-0.1, -0.05) is 11.6 Å². The molecule has 0 aliphatic carbocycles. The van der Waals surface area contributed by atoms with Crippen LogP contribution in [0.3, 0.4) is 0 Å². The number of nitrogens with one attached hydrogen (secondary N) is 1. The van der Waals surface area contributed by atoms with Crippen molar-refractivity contribution in [1.29, 1.82) is 0 Å². The highest BCUT2D eigenvalue weighted by Gasteiger charge is 2.39. The Hall–Kier alpha value is -1.79. The van der Waals surface area contributed by atoms with Crippen LogP contribution in [0.1, 0.15) is 27.7 Å². The molecule has 1 aliphatic heterocycles. The van der Waals surface area contributed by atoms with E-state index in [1.54, 1.807) is 38.4 Å². The quantitative estimate of drug-likeness (QED) is 0.914. The maximum atomic E-state index is 12.6. The molecule has 1 aromatic heterocycles. The smallest absolute Gasteiger partial charge is 0.255 e. The van der Waals surface area contributed by atoms with Gasteiger partial charge < -0.3 is 9.88 Å². The van der Waals surface area contributed by atoms with Gasteiger partial charge in [-0.15, -0.1) is 0 Å². The number of benzene rings is 1. The Kier molecular flexibility index (Phi) is 3.53. The molecule has 0 spiro atoms. The molecule has 2 aromatic rings. The van der Waals surface area contributed by atoms with Crippen molar-refractivity contribution in [3.05, 3.63) is 52.3 Å². The summed E-state index contributed by atoms with van der Waals surface area (Å²) in [6.45, 7) is 1.80. The summed E-state index contributed by atoms with van der Waals surface area (Å²) in [6, 6.07) is 5.85. The maximum absolute atomic E-state index is 12.6. The molecule has 1 N–H and O–H groups in total. The first kappa shape index (κ1) is 15.1. The minimum atomic E-state index is -3.39. The van der Waals surface area contributed by atoms with E-state index >= 15 is 0 Å². The minimum absolute atomic E-state index is 0.117. The average Bonchev–Trinajstić information content (AvgIpc) is 2.99. The summed E-state index contributed by atoms with van der Waals surface area (Å²) in [5.41, 5.74) is 1.87. The van der Waals surface area contributed by atoms with Crippen LogP contribution in [0.25, 0.3) is 0 Å². The van der Waals surface area contributed by atoms with E-state index in [0.29, 0.717) is 16.1 Å². The number of aryl methyl sites for hydroxylation is 1. The number of aromatic amines is 1. The number of H-pyrrole nitrogens is 1. The Balaban J connectivity index is 2.02. The first-order valence-electron chi connectivity index (χ1n) is 6.74. The van der Waals surface area contributed by atoms with Crippen LogP contribution in [0, 0.1) is 6.92 Å². The predicted molar refractivity (Wildman–Crippen MR) is 83.9 cm³/mol. The Labute approximate surface area is 133 Å². The zero-order valence-corrected chi connectivity index (χ0v) is 13.7. The Bertz CT molecular complexity index is 857. The van der Waals surface area contributed by atoms with Gasteiger partial charge in [-0.3, -0.25) is 4.79 Å². The summed E-state index contributed by atoms with van der Waals surface area (Å²) in [6.07, 6.45) is 1.69. The number of fused-ring (bicyclic) bond motifs is 1. The fourth-order valence-corrected chi connectivity index (χ4v) is 4.80. The van der Waals surface area contributed by atoms with Crippen molar-refractivity contribution in [2.24, 2.45) is 0 Å². The molecule has 1 aromatic carbocycles. The second-order valence-corrected chi connectivity index (χ2v) is 7.85. The third-order valence-corrected chi connectivity index (χ3v) is 6.05. The molecule has 22 heavy (non-hydrogen) atoms. The van der Waals surface area contributed by atoms with E-state index in [2.05, 4.69) is 4.98 Å². The molecule has 1 atom stereocenters. The molecule has 0 radical (unpaired) electrons. The Morgan fingerprint density at radius 3 is 2.73 bits per heavy atom. The van der Waals surface area contributed by atoms with Crippen molar-refractivity contribution in [1.82, 2.24) is 9.88 Å². The van der Waals surface area contributed by atoms with Gasteiger partial charge in [0.05, 0.1) is 22.3 Å². The summed E-state index contributed by atoms with van der Waals surface area (Å²) in [7, 11) is -1.77. The van der Waals surface area contributed by atoms with Gasteiger partial charge >= 0.3 is 0 Å².